The Morgan fingerprint density at radius 3 is 2.36 bits per heavy atom. The van der Waals surface area contributed by atoms with Crippen LogP contribution in [-0.4, -0.2) is 0 Å². The van der Waals surface area contributed by atoms with Gasteiger partial charge in [0.2, 0.25) is 5.58 Å². The first-order valence-electron chi connectivity index (χ1n) is 8.52. The fourth-order valence-electron chi connectivity index (χ4n) is 3.76. The molecule has 0 aliphatic rings. The van der Waals surface area contributed by atoms with E-state index in [9.17, 15) is 0 Å². The van der Waals surface area contributed by atoms with Gasteiger partial charge in [-0.3, -0.25) is 0 Å². The normalized spacial score (nSPS) is 11.6. The summed E-state index contributed by atoms with van der Waals surface area (Å²) in [5.74, 6) is 0. The van der Waals surface area contributed by atoms with Crippen molar-refractivity contribution in [1.82, 2.24) is 0 Å². The largest absolute Gasteiger partial charge is 0.448 e. The number of nitrogens with zero attached hydrogens (tertiary/aromatic N) is 1. The molecule has 0 saturated heterocycles. The molecule has 0 aliphatic heterocycles. The van der Waals surface area contributed by atoms with Crippen LogP contribution >= 0.6 is 0 Å². The Hall–Kier alpha value is -3.13. The van der Waals surface area contributed by atoms with Crippen molar-refractivity contribution in [3.05, 3.63) is 78.5 Å². The molecule has 2 heterocycles. The molecular formula is C23H18NO+. The first-order chi connectivity index (χ1) is 12.2. The molecule has 3 aromatic carbocycles. The van der Waals surface area contributed by atoms with E-state index in [4.69, 9.17) is 4.42 Å². The number of fused-ring (bicyclic) bond motifs is 5. The fraction of sp³-hybridized carbons (Fsp3) is 0.0870. The molecule has 2 nitrogen and oxygen atoms in total. The van der Waals surface area contributed by atoms with Gasteiger partial charge in [-0.05, 0) is 30.0 Å². The first kappa shape index (κ1) is 14.2. The molecule has 0 amide bonds. The van der Waals surface area contributed by atoms with E-state index < -0.39 is 0 Å². The third kappa shape index (κ3) is 2.01. The van der Waals surface area contributed by atoms with E-state index in [0.29, 0.717) is 0 Å². The Bertz CT molecular complexity index is 1260. The van der Waals surface area contributed by atoms with Gasteiger partial charge in [0.05, 0.1) is 5.56 Å². The maximum atomic E-state index is 6.47. The molecule has 0 aliphatic carbocycles. The number of aryl methyl sites for hydroxylation is 2. The summed E-state index contributed by atoms with van der Waals surface area (Å²) in [6, 6.07) is 23.4. The Balaban J connectivity index is 1.98. The zero-order valence-corrected chi connectivity index (χ0v) is 14.3. The predicted molar refractivity (Wildman–Crippen MR) is 103 cm³/mol. The summed E-state index contributed by atoms with van der Waals surface area (Å²) in [5, 5.41) is 4.70. The third-order valence-electron chi connectivity index (χ3n) is 5.05. The molecule has 120 valence electrons. The van der Waals surface area contributed by atoms with Gasteiger partial charge in [0.15, 0.2) is 6.20 Å². The van der Waals surface area contributed by atoms with Crippen molar-refractivity contribution < 1.29 is 8.98 Å². The van der Waals surface area contributed by atoms with E-state index in [1.165, 1.54) is 21.9 Å². The monoisotopic (exact) mass is 324 g/mol. The standard InChI is InChI=1S/C23H18NO/c1-15-7-3-5-9-17(15)21-23-20(13-14-24(21)2)19-12-11-16-8-4-6-10-18(16)22(19)25-23/h3-14H,1-2H3/q+1. The van der Waals surface area contributed by atoms with Crippen molar-refractivity contribution in [1.29, 1.82) is 0 Å². The highest BCUT2D eigenvalue weighted by Gasteiger charge is 2.22. The van der Waals surface area contributed by atoms with Gasteiger partial charge in [-0.25, -0.2) is 0 Å². The van der Waals surface area contributed by atoms with Crippen LogP contribution in [0, 0.1) is 6.92 Å². The topological polar surface area (TPSA) is 17.0 Å². The third-order valence-corrected chi connectivity index (χ3v) is 5.05. The summed E-state index contributed by atoms with van der Waals surface area (Å²) < 4.78 is 8.61. The van der Waals surface area contributed by atoms with Crippen molar-refractivity contribution in [2.45, 2.75) is 6.92 Å². The lowest BCUT2D eigenvalue weighted by Gasteiger charge is -2.04. The lowest BCUT2D eigenvalue weighted by molar-refractivity contribution is -0.659. The van der Waals surface area contributed by atoms with Gasteiger partial charge in [-0.15, -0.1) is 0 Å². The van der Waals surface area contributed by atoms with Gasteiger partial charge in [0, 0.05) is 22.2 Å². The molecule has 5 rings (SSSR count). The highest BCUT2D eigenvalue weighted by molar-refractivity contribution is 6.16. The molecule has 0 bridgehead atoms. The van der Waals surface area contributed by atoms with Gasteiger partial charge in [0.25, 0.3) is 5.69 Å². The van der Waals surface area contributed by atoms with E-state index in [1.807, 2.05) is 0 Å². The van der Waals surface area contributed by atoms with Crippen LogP contribution in [-0.2, 0) is 7.05 Å². The zero-order chi connectivity index (χ0) is 17.0. The van der Waals surface area contributed by atoms with Crippen molar-refractivity contribution in [2.24, 2.45) is 7.05 Å². The van der Waals surface area contributed by atoms with E-state index in [2.05, 4.69) is 91.5 Å². The molecule has 5 aromatic rings. The average molecular weight is 324 g/mol. The number of aromatic nitrogens is 1. The summed E-state index contributed by atoms with van der Waals surface area (Å²) in [5.41, 5.74) is 5.49. The van der Waals surface area contributed by atoms with E-state index >= 15 is 0 Å². The molecule has 2 aromatic heterocycles. The number of rotatable bonds is 1. The minimum absolute atomic E-state index is 0.950. The molecule has 0 N–H and O–H groups in total. The lowest BCUT2D eigenvalue weighted by atomic mass is 10.0. The summed E-state index contributed by atoms with van der Waals surface area (Å²) in [6.45, 7) is 2.15. The molecule has 25 heavy (non-hydrogen) atoms. The second kappa shape index (κ2) is 5.18. The van der Waals surface area contributed by atoms with Crippen LogP contribution in [0.15, 0.2) is 77.3 Å². The second-order valence-electron chi connectivity index (χ2n) is 6.60. The molecule has 0 atom stereocenters. The van der Waals surface area contributed by atoms with Crippen LogP contribution in [0.4, 0.5) is 0 Å². The van der Waals surface area contributed by atoms with Crippen molar-refractivity contribution >= 4 is 32.7 Å². The minimum Gasteiger partial charge on any atom is -0.448 e. The molecule has 0 saturated carbocycles. The second-order valence-corrected chi connectivity index (χ2v) is 6.60. The number of furan rings is 1. The van der Waals surface area contributed by atoms with Crippen molar-refractivity contribution in [2.75, 3.05) is 0 Å². The number of hydrogen-bond acceptors (Lipinski definition) is 1. The van der Waals surface area contributed by atoms with Crippen molar-refractivity contribution in [3.8, 4) is 11.3 Å². The molecule has 0 radical (unpaired) electrons. The highest BCUT2D eigenvalue weighted by Crippen LogP contribution is 2.37. The Morgan fingerprint density at radius 2 is 1.48 bits per heavy atom. The summed E-state index contributed by atoms with van der Waals surface area (Å²) in [4.78, 5) is 0. The van der Waals surface area contributed by atoms with Gasteiger partial charge >= 0.3 is 0 Å². The molecule has 2 heteroatoms. The predicted octanol–water partition coefficient (Wildman–Crippen LogP) is 5.54. The van der Waals surface area contributed by atoms with Crippen LogP contribution in [0.25, 0.3) is 44.0 Å². The maximum absolute atomic E-state index is 6.47. The van der Waals surface area contributed by atoms with Crippen LogP contribution in [0.1, 0.15) is 5.56 Å². The van der Waals surface area contributed by atoms with Gasteiger partial charge in [0.1, 0.15) is 12.6 Å². The molecule has 0 spiro atoms. The van der Waals surface area contributed by atoms with Gasteiger partial charge in [-0.2, -0.15) is 4.57 Å². The van der Waals surface area contributed by atoms with Crippen molar-refractivity contribution in [3.63, 3.8) is 0 Å². The minimum atomic E-state index is 0.950. The summed E-state index contributed by atoms with van der Waals surface area (Å²) in [7, 11) is 2.08. The van der Waals surface area contributed by atoms with E-state index in [-0.39, 0.29) is 0 Å². The zero-order valence-electron chi connectivity index (χ0n) is 14.3. The molecular weight excluding hydrogens is 306 g/mol. The molecule has 0 unspecified atom stereocenters. The van der Waals surface area contributed by atoms with Crippen LogP contribution in [0.5, 0.6) is 0 Å². The van der Waals surface area contributed by atoms with Gasteiger partial charge in [-0.1, -0.05) is 48.5 Å². The SMILES string of the molecule is Cc1ccccc1-c1c2oc3c4ccccc4ccc3c2cc[n+]1C. The van der Waals surface area contributed by atoms with Gasteiger partial charge < -0.3 is 4.42 Å². The fourth-order valence-corrected chi connectivity index (χ4v) is 3.76. The summed E-state index contributed by atoms with van der Waals surface area (Å²) in [6.07, 6.45) is 2.12. The Morgan fingerprint density at radius 1 is 0.720 bits per heavy atom. The average Bonchev–Trinajstić information content (AvgIpc) is 3.01. The van der Waals surface area contributed by atoms with Crippen LogP contribution in [0.3, 0.4) is 0 Å². The Labute approximate surface area is 145 Å². The smallest absolute Gasteiger partial charge is 0.256 e. The van der Waals surface area contributed by atoms with Crippen LogP contribution in [0.2, 0.25) is 0 Å². The Kier molecular flexibility index (Phi) is 2.95. The maximum Gasteiger partial charge on any atom is 0.256 e. The summed E-state index contributed by atoms with van der Waals surface area (Å²) >= 11 is 0. The number of pyridine rings is 1. The lowest BCUT2D eigenvalue weighted by Crippen LogP contribution is -2.30. The van der Waals surface area contributed by atoms with E-state index in [0.717, 1.165) is 27.6 Å². The number of benzene rings is 3. The molecule has 0 fully saturated rings. The van der Waals surface area contributed by atoms with E-state index in [1.54, 1.807) is 0 Å². The van der Waals surface area contributed by atoms with Crippen LogP contribution < -0.4 is 4.57 Å². The first-order valence-corrected chi connectivity index (χ1v) is 8.52. The number of hydrogen-bond donors (Lipinski definition) is 0. The quantitative estimate of drug-likeness (QED) is 0.370. The highest BCUT2D eigenvalue weighted by atomic mass is 16.3.